The summed E-state index contributed by atoms with van der Waals surface area (Å²) in [5.74, 6) is 0. The molecule has 0 bridgehead atoms. The fraction of sp³-hybridized carbons (Fsp3) is 0.462. The fourth-order valence-electron chi connectivity index (χ4n) is 1.48. The molecule has 1 rings (SSSR count). The minimum Gasteiger partial charge on any atom is -0.389 e. The van der Waals surface area contributed by atoms with Crippen LogP contribution >= 0.6 is 23.8 Å². The first-order valence-electron chi connectivity index (χ1n) is 6.06. The molecule has 0 aliphatic heterocycles. The van der Waals surface area contributed by atoms with Gasteiger partial charge in [-0.25, -0.2) is 0 Å². The monoisotopic (exact) mass is 286 g/mol. The first-order valence-corrected chi connectivity index (χ1v) is 6.84. The van der Waals surface area contributed by atoms with Crippen LogP contribution in [0.2, 0.25) is 5.02 Å². The minimum absolute atomic E-state index is 0.362. The van der Waals surface area contributed by atoms with Gasteiger partial charge < -0.3 is 15.8 Å². The topological polar surface area (TPSA) is 47.3 Å². The smallest absolute Gasteiger partial charge is 0.106 e. The van der Waals surface area contributed by atoms with Crippen LogP contribution in [0.25, 0.3) is 0 Å². The average molecular weight is 287 g/mol. The van der Waals surface area contributed by atoms with Crippen LogP contribution in [-0.2, 0) is 4.74 Å². The molecule has 0 saturated carbocycles. The van der Waals surface area contributed by atoms with E-state index >= 15 is 0 Å². The third-order valence-electron chi connectivity index (χ3n) is 2.45. The molecule has 0 radical (unpaired) electrons. The predicted octanol–water partition coefficient (Wildman–Crippen LogP) is 3.20. The molecule has 1 aromatic rings. The van der Waals surface area contributed by atoms with E-state index in [0.717, 1.165) is 30.7 Å². The van der Waals surface area contributed by atoms with Crippen LogP contribution in [0.5, 0.6) is 0 Å². The first-order chi connectivity index (χ1) is 8.65. The SMILES string of the molecule is CCCCOCCNc1cc(Cl)ccc1C(N)=S. The highest BCUT2D eigenvalue weighted by molar-refractivity contribution is 7.80. The van der Waals surface area contributed by atoms with Crippen LogP contribution in [0.4, 0.5) is 5.69 Å². The molecule has 0 atom stereocenters. The molecule has 0 heterocycles. The maximum atomic E-state index is 5.95. The summed E-state index contributed by atoms with van der Waals surface area (Å²) < 4.78 is 5.47. The van der Waals surface area contributed by atoms with Gasteiger partial charge in [-0.05, 0) is 24.6 Å². The highest BCUT2D eigenvalue weighted by Crippen LogP contribution is 2.20. The Morgan fingerprint density at radius 1 is 1.44 bits per heavy atom. The number of halogens is 1. The van der Waals surface area contributed by atoms with Gasteiger partial charge in [0.25, 0.3) is 0 Å². The molecule has 0 aromatic heterocycles. The van der Waals surface area contributed by atoms with Gasteiger partial charge in [0, 0.05) is 29.4 Å². The Labute approximate surface area is 119 Å². The summed E-state index contributed by atoms with van der Waals surface area (Å²) in [7, 11) is 0. The van der Waals surface area contributed by atoms with Crippen molar-refractivity contribution >= 4 is 34.5 Å². The molecule has 100 valence electrons. The van der Waals surface area contributed by atoms with Crippen molar-refractivity contribution in [1.82, 2.24) is 0 Å². The fourth-order valence-corrected chi connectivity index (χ4v) is 1.83. The Bertz CT molecular complexity index is 399. The van der Waals surface area contributed by atoms with E-state index in [1.165, 1.54) is 0 Å². The molecule has 0 unspecified atom stereocenters. The van der Waals surface area contributed by atoms with E-state index in [2.05, 4.69) is 12.2 Å². The molecule has 0 aliphatic carbocycles. The molecule has 0 saturated heterocycles. The van der Waals surface area contributed by atoms with Gasteiger partial charge in [-0.15, -0.1) is 0 Å². The number of anilines is 1. The lowest BCUT2D eigenvalue weighted by molar-refractivity contribution is 0.141. The van der Waals surface area contributed by atoms with Crippen LogP contribution in [0.1, 0.15) is 25.3 Å². The lowest BCUT2D eigenvalue weighted by Crippen LogP contribution is -2.16. The predicted molar refractivity (Wildman–Crippen MR) is 81.6 cm³/mol. The van der Waals surface area contributed by atoms with Crippen molar-refractivity contribution in [1.29, 1.82) is 0 Å². The molecule has 18 heavy (non-hydrogen) atoms. The van der Waals surface area contributed by atoms with Crippen molar-refractivity contribution in [3.63, 3.8) is 0 Å². The number of unbranched alkanes of at least 4 members (excludes halogenated alkanes) is 1. The summed E-state index contributed by atoms with van der Waals surface area (Å²) in [4.78, 5) is 0.362. The van der Waals surface area contributed by atoms with Gasteiger partial charge in [-0.2, -0.15) is 0 Å². The van der Waals surface area contributed by atoms with E-state index in [1.807, 2.05) is 12.1 Å². The summed E-state index contributed by atoms with van der Waals surface area (Å²) in [6, 6.07) is 5.42. The first kappa shape index (κ1) is 15.2. The second-order valence-electron chi connectivity index (χ2n) is 3.95. The van der Waals surface area contributed by atoms with E-state index in [9.17, 15) is 0 Å². The number of nitrogens with one attached hydrogen (secondary N) is 1. The second kappa shape index (κ2) is 8.29. The van der Waals surface area contributed by atoms with Gasteiger partial charge in [0.15, 0.2) is 0 Å². The van der Waals surface area contributed by atoms with Crippen molar-refractivity contribution in [2.45, 2.75) is 19.8 Å². The summed E-state index contributed by atoms with van der Waals surface area (Å²) in [6.07, 6.45) is 2.24. The summed E-state index contributed by atoms with van der Waals surface area (Å²) in [5.41, 5.74) is 7.32. The van der Waals surface area contributed by atoms with E-state index < -0.39 is 0 Å². The zero-order valence-electron chi connectivity index (χ0n) is 10.5. The maximum Gasteiger partial charge on any atom is 0.106 e. The average Bonchev–Trinajstić information content (AvgIpc) is 2.33. The minimum atomic E-state index is 0.362. The van der Waals surface area contributed by atoms with Crippen molar-refractivity contribution in [3.8, 4) is 0 Å². The molecular formula is C13H19ClN2OS. The molecule has 3 nitrogen and oxygen atoms in total. The van der Waals surface area contributed by atoms with Gasteiger partial charge in [0.2, 0.25) is 0 Å². The van der Waals surface area contributed by atoms with Gasteiger partial charge in [0.1, 0.15) is 4.99 Å². The number of thiocarbonyl (C=S) groups is 1. The zero-order chi connectivity index (χ0) is 13.4. The summed E-state index contributed by atoms with van der Waals surface area (Å²) in [6.45, 7) is 4.31. The van der Waals surface area contributed by atoms with E-state index in [-0.39, 0.29) is 0 Å². The molecular weight excluding hydrogens is 268 g/mol. The highest BCUT2D eigenvalue weighted by Gasteiger charge is 2.05. The lowest BCUT2D eigenvalue weighted by Gasteiger charge is -2.11. The molecule has 0 spiro atoms. The molecule has 0 fully saturated rings. The second-order valence-corrected chi connectivity index (χ2v) is 4.82. The van der Waals surface area contributed by atoms with Gasteiger partial charge in [-0.1, -0.05) is 37.2 Å². The van der Waals surface area contributed by atoms with Crippen molar-refractivity contribution < 1.29 is 4.74 Å². The van der Waals surface area contributed by atoms with Gasteiger partial charge in [0.05, 0.1) is 6.61 Å². The van der Waals surface area contributed by atoms with Gasteiger partial charge >= 0.3 is 0 Å². The molecule has 5 heteroatoms. The number of ether oxygens (including phenoxy) is 1. The molecule has 0 aliphatic rings. The Morgan fingerprint density at radius 2 is 2.22 bits per heavy atom. The number of hydrogen-bond donors (Lipinski definition) is 2. The van der Waals surface area contributed by atoms with E-state index in [0.29, 0.717) is 23.2 Å². The molecule has 3 N–H and O–H groups in total. The third-order valence-corrected chi connectivity index (χ3v) is 2.91. The van der Waals surface area contributed by atoms with Crippen LogP contribution in [0.15, 0.2) is 18.2 Å². The zero-order valence-corrected chi connectivity index (χ0v) is 12.1. The van der Waals surface area contributed by atoms with Gasteiger partial charge in [-0.3, -0.25) is 0 Å². The van der Waals surface area contributed by atoms with Crippen LogP contribution in [0.3, 0.4) is 0 Å². The largest absolute Gasteiger partial charge is 0.389 e. The normalized spacial score (nSPS) is 10.3. The van der Waals surface area contributed by atoms with E-state index in [1.54, 1.807) is 6.07 Å². The van der Waals surface area contributed by atoms with Crippen LogP contribution in [0, 0.1) is 0 Å². The van der Waals surface area contributed by atoms with E-state index in [4.69, 9.17) is 34.3 Å². The number of rotatable bonds is 8. The molecule has 0 amide bonds. The van der Waals surface area contributed by atoms with Crippen molar-refractivity contribution in [2.24, 2.45) is 5.73 Å². The Hall–Kier alpha value is -0.840. The van der Waals surface area contributed by atoms with Crippen LogP contribution in [-0.4, -0.2) is 24.7 Å². The highest BCUT2D eigenvalue weighted by atomic mass is 35.5. The Morgan fingerprint density at radius 3 is 2.89 bits per heavy atom. The van der Waals surface area contributed by atoms with Crippen molar-refractivity contribution in [3.05, 3.63) is 28.8 Å². The number of nitrogens with two attached hydrogens (primary N) is 1. The Kier molecular flexibility index (Phi) is 7.01. The number of benzene rings is 1. The van der Waals surface area contributed by atoms with Crippen molar-refractivity contribution in [2.75, 3.05) is 25.1 Å². The third kappa shape index (κ3) is 5.21. The quantitative estimate of drug-likeness (QED) is 0.569. The molecule has 1 aromatic carbocycles. The lowest BCUT2D eigenvalue weighted by atomic mass is 10.2. The maximum absolute atomic E-state index is 5.95. The number of hydrogen-bond acceptors (Lipinski definition) is 3. The summed E-state index contributed by atoms with van der Waals surface area (Å²) >= 11 is 10.9. The van der Waals surface area contributed by atoms with Crippen LogP contribution < -0.4 is 11.1 Å². The Balaban J connectivity index is 2.45. The summed E-state index contributed by atoms with van der Waals surface area (Å²) in [5, 5.41) is 3.89. The standard InChI is InChI=1S/C13H19ClN2OS/c1-2-3-7-17-8-6-16-12-9-10(14)4-5-11(12)13(15)18/h4-5,9,16H,2-3,6-8H2,1H3,(H2,15,18).